The van der Waals surface area contributed by atoms with Gasteiger partial charge in [-0.05, 0) is 92.4 Å². The van der Waals surface area contributed by atoms with Gasteiger partial charge in [-0.2, -0.15) is 13.2 Å². The summed E-state index contributed by atoms with van der Waals surface area (Å²) in [6, 6.07) is 9.32. The first-order chi connectivity index (χ1) is 17.8. The molecule has 0 amide bonds. The summed E-state index contributed by atoms with van der Waals surface area (Å²) in [4.78, 5) is 0. The van der Waals surface area contributed by atoms with Crippen molar-refractivity contribution in [2.24, 2.45) is 23.7 Å². The summed E-state index contributed by atoms with van der Waals surface area (Å²) in [7, 11) is 0. The number of halogens is 4. The van der Waals surface area contributed by atoms with Gasteiger partial charge < -0.3 is 4.74 Å². The van der Waals surface area contributed by atoms with Crippen LogP contribution in [0.3, 0.4) is 0 Å². The summed E-state index contributed by atoms with van der Waals surface area (Å²) in [5.74, 6) is 2.11. The average Bonchev–Trinajstić information content (AvgIpc) is 2.88. The Balaban J connectivity index is 1.43. The van der Waals surface area contributed by atoms with Gasteiger partial charge in [0, 0.05) is 5.56 Å². The van der Waals surface area contributed by atoms with Crippen LogP contribution in [-0.4, -0.2) is 6.61 Å². The monoisotopic (exact) mass is 516 g/mol. The Morgan fingerprint density at radius 1 is 0.838 bits per heavy atom. The predicted molar refractivity (Wildman–Crippen MR) is 143 cm³/mol. The second kappa shape index (κ2) is 12.5. The lowest BCUT2D eigenvalue weighted by Crippen LogP contribution is -2.25. The molecule has 2 aliphatic carbocycles. The molecule has 2 aromatic rings. The lowest BCUT2D eigenvalue weighted by atomic mass is 9.68. The van der Waals surface area contributed by atoms with Crippen LogP contribution in [0.2, 0.25) is 0 Å². The van der Waals surface area contributed by atoms with Crippen LogP contribution in [-0.2, 0) is 6.18 Å². The predicted octanol–water partition coefficient (Wildman–Crippen LogP) is 10.3. The van der Waals surface area contributed by atoms with Gasteiger partial charge in [0.05, 0.1) is 12.2 Å². The van der Waals surface area contributed by atoms with E-state index in [1.807, 2.05) is 13.0 Å². The van der Waals surface area contributed by atoms with Crippen molar-refractivity contribution in [3.05, 3.63) is 59.4 Å². The van der Waals surface area contributed by atoms with Crippen molar-refractivity contribution in [1.29, 1.82) is 0 Å². The first-order valence-corrected chi connectivity index (χ1v) is 14.1. The number of ether oxygens (including phenoxy) is 1. The van der Waals surface area contributed by atoms with Gasteiger partial charge in [-0.1, -0.05) is 69.0 Å². The Bertz CT molecular complexity index is 1020. The fraction of sp³-hybridized carbons (Fsp3) is 0.562. The molecule has 1 nitrogen and oxygen atoms in total. The number of hydrogen-bond acceptors (Lipinski definition) is 1. The van der Waals surface area contributed by atoms with Crippen molar-refractivity contribution < 1.29 is 22.3 Å². The van der Waals surface area contributed by atoms with Crippen LogP contribution in [0, 0.1) is 29.5 Å². The highest BCUT2D eigenvalue weighted by Crippen LogP contribution is 2.43. The SMILES string of the molecule is CCCC1CCC(C2CCC(/C=C/c3ccc(-c4ccc(OCC)cc4)c(F)c3C(F)(F)F)CC2)CC1. The van der Waals surface area contributed by atoms with E-state index < -0.39 is 17.6 Å². The van der Waals surface area contributed by atoms with Crippen molar-refractivity contribution >= 4 is 6.08 Å². The molecule has 0 aliphatic heterocycles. The fourth-order valence-electron chi connectivity index (χ4n) is 6.54. The summed E-state index contributed by atoms with van der Waals surface area (Å²) in [6.07, 6.45) is 10.9. The molecule has 0 radical (unpaired) electrons. The third-order valence-corrected chi connectivity index (χ3v) is 8.55. The minimum absolute atomic E-state index is 0.0540. The molecule has 0 spiro atoms. The van der Waals surface area contributed by atoms with Crippen LogP contribution in [0.1, 0.15) is 89.2 Å². The van der Waals surface area contributed by atoms with Gasteiger partial charge in [0.1, 0.15) is 11.6 Å². The van der Waals surface area contributed by atoms with Gasteiger partial charge in [-0.3, -0.25) is 0 Å². The number of benzene rings is 2. The molecule has 0 saturated heterocycles. The standard InChI is InChI=1S/C32H40F4O/c1-3-5-22-6-11-24(12-7-22)25-13-8-23(9-14-25)10-15-27-18-21-29(31(33)30(27)32(34,35)36)26-16-19-28(20-17-26)37-4-2/h10,15-25H,3-9,11-14H2,1-2H3/b15-10+. The van der Waals surface area contributed by atoms with Gasteiger partial charge in [0.15, 0.2) is 0 Å². The van der Waals surface area contributed by atoms with Crippen LogP contribution in [0.4, 0.5) is 17.6 Å². The number of alkyl halides is 3. The van der Waals surface area contributed by atoms with E-state index in [-0.39, 0.29) is 17.0 Å². The second-order valence-corrected chi connectivity index (χ2v) is 10.9. The lowest BCUT2D eigenvalue weighted by Gasteiger charge is -2.37. The maximum absolute atomic E-state index is 15.3. The van der Waals surface area contributed by atoms with Crippen molar-refractivity contribution in [3.63, 3.8) is 0 Å². The van der Waals surface area contributed by atoms with E-state index in [4.69, 9.17) is 4.74 Å². The van der Waals surface area contributed by atoms with Gasteiger partial charge >= 0.3 is 6.18 Å². The Morgan fingerprint density at radius 3 is 2.03 bits per heavy atom. The minimum atomic E-state index is -4.78. The summed E-state index contributed by atoms with van der Waals surface area (Å²) < 4.78 is 62.6. The van der Waals surface area contributed by atoms with E-state index >= 15 is 4.39 Å². The molecule has 202 valence electrons. The molecule has 2 aromatic carbocycles. The van der Waals surface area contributed by atoms with E-state index in [0.29, 0.717) is 17.9 Å². The Morgan fingerprint density at radius 2 is 1.46 bits per heavy atom. The van der Waals surface area contributed by atoms with Crippen LogP contribution >= 0.6 is 0 Å². The molecule has 2 fully saturated rings. The summed E-state index contributed by atoms with van der Waals surface area (Å²) in [5, 5.41) is 0. The van der Waals surface area contributed by atoms with E-state index in [1.165, 1.54) is 56.7 Å². The summed E-state index contributed by atoms with van der Waals surface area (Å²) in [6.45, 7) is 4.60. The van der Waals surface area contributed by atoms with Crippen LogP contribution < -0.4 is 4.74 Å². The summed E-state index contributed by atoms with van der Waals surface area (Å²) in [5.41, 5.74) is -0.950. The molecule has 0 N–H and O–H groups in total. The van der Waals surface area contributed by atoms with Gasteiger partial charge in [-0.15, -0.1) is 0 Å². The van der Waals surface area contributed by atoms with Crippen molar-refractivity contribution in [2.75, 3.05) is 6.61 Å². The number of allylic oxidation sites excluding steroid dienone is 1. The third-order valence-electron chi connectivity index (χ3n) is 8.55. The highest BCUT2D eigenvalue weighted by molar-refractivity contribution is 5.70. The number of rotatable bonds is 8. The van der Waals surface area contributed by atoms with Crippen molar-refractivity contribution in [2.45, 2.75) is 84.2 Å². The van der Waals surface area contributed by atoms with E-state index in [0.717, 1.165) is 43.4 Å². The van der Waals surface area contributed by atoms with Crippen molar-refractivity contribution in [1.82, 2.24) is 0 Å². The summed E-state index contributed by atoms with van der Waals surface area (Å²) >= 11 is 0. The normalized spacial score (nSPS) is 24.9. The highest BCUT2D eigenvalue weighted by Gasteiger charge is 2.38. The van der Waals surface area contributed by atoms with E-state index in [1.54, 1.807) is 24.3 Å². The third kappa shape index (κ3) is 6.97. The zero-order valence-corrected chi connectivity index (χ0v) is 22.1. The molecule has 0 atom stereocenters. The van der Waals surface area contributed by atoms with Crippen molar-refractivity contribution in [3.8, 4) is 16.9 Å². The molecule has 2 aliphatic rings. The molecule has 37 heavy (non-hydrogen) atoms. The molecule has 5 heteroatoms. The average molecular weight is 517 g/mol. The maximum atomic E-state index is 15.3. The Kier molecular flexibility index (Phi) is 9.36. The second-order valence-electron chi connectivity index (χ2n) is 10.9. The molecular weight excluding hydrogens is 476 g/mol. The molecule has 0 bridgehead atoms. The zero-order valence-electron chi connectivity index (χ0n) is 22.1. The van der Waals surface area contributed by atoms with Gasteiger partial charge in [-0.25, -0.2) is 4.39 Å². The quantitative estimate of drug-likeness (QED) is 0.317. The van der Waals surface area contributed by atoms with E-state index in [2.05, 4.69) is 6.92 Å². The lowest BCUT2D eigenvalue weighted by molar-refractivity contribution is -0.140. The number of hydrogen-bond donors (Lipinski definition) is 0. The molecule has 2 saturated carbocycles. The highest BCUT2D eigenvalue weighted by atomic mass is 19.4. The van der Waals surface area contributed by atoms with Crippen LogP contribution in [0.5, 0.6) is 5.75 Å². The Labute approximate surface area is 219 Å². The molecule has 4 rings (SSSR count). The van der Waals surface area contributed by atoms with Gasteiger partial charge in [0.2, 0.25) is 0 Å². The fourth-order valence-corrected chi connectivity index (χ4v) is 6.54. The largest absolute Gasteiger partial charge is 0.494 e. The Hall–Kier alpha value is -2.30. The van der Waals surface area contributed by atoms with Crippen LogP contribution in [0.25, 0.3) is 17.2 Å². The van der Waals surface area contributed by atoms with E-state index in [9.17, 15) is 13.2 Å². The first-order valence-electron chi connectivity index (χ1n) is 14.1. The minimum Gasteiger partial charge on any atom is -0.494 e. The zero-order chi connectivity index (χ0) is 26.4. The smallest absolute Gasteiger partial charge is 0.419 e. The topological polar surface area (TPSA) is 9.23 Å². The molecule has 0 unspecified atom stereocenters. The molecular formula is C32H40F4O. The van der Waals surface area contributed by atoms with Gasteiger partial charge in [0.25, 0.3) is 0 Å². The molecule has 0 heterocycles. The molecule has 0 aromatic heterocycles. The first kappa shape index (κ1) is 27.7. The van der Waals surface area contributed by atoms with Crippen LogP contribution in [0.15, 0.2) is 42.5 Å². The maximum Gasteiger partial charge on any atom is 0.419 e.